The van der Waals surface area contributed by atoms with Crippen molar-refractivity contribution in [1.82, 2.24) is 33.7 Å². The van der Waals surface area contributed by atoms with Crippen molar-refractivity contribution < 1.29 is 8.42 Å². The number of anilines is 2. The molecule has 0 aliphatic heterocycles. The number of allylic oxidation sites excluding steroid dienone is 1. The first kappa shape index (κ1) is 40.9. The van der Waals surface area contributed by atoms with Gasteiger partial charge in [0.05, 0.1) is 16.0 Å². The van der Waals surface area contributed by atoms with Crippen LogP contribution in [0.2, 0.25) is 0 Å². The fraction of sp³-hybridized carbons (Fsp3) is 0.550. The van der Waals surface area contributed by atoms with Crippen LogP contribution in [0, 0.1) is 13.8 Å². The Morgan fingerprint density at radius 3 is 1.79 bits per heavy atom. The number of hydrogen-bond acceptors (Lipinski definition) is 10. The molecule has 0 unspecified atom stereocenters. The van der Waals surface area contributed by atoms with Gasteiger partial charge in [-0.3, -0.25) is 0 Å². The lowest BCUT2D eigenvalue weighted by Gasteiger charge is -2.33. The van der Waals surface area contributed by atoms with Gasteiger partial charge >= 0.3 is 0 Å². The van der Waals surface area contributed by atoms with Crippen LogP contribution in [-0.2, 0) is 16.4 Å². The van der Waals surface area contributed by atoms with Gasteiger partial charge in [0.1, 0.15) is 24.3 Å². The largest absolute Gasteiger partial charge is 0.367 e. The summed E-state index contributed by atoms with van der Waals surface area (Å²) in [4.78, 5) is 22.5. The highest BCUT2D eigenvalue weighted by atomic mass is 32.2. The Morgan fingerprint density at radius 2 is 1.23 bits per heavy atom. The third-order valence-electron chi connectivity index (χ3n) is 10.6. The van der Waals surface area contributed by atoms with Crippen molar-refractivity contribution in [2.24, 2.45) is 0 Å². The number of fused-ring (bicyclic) bond motifs is 2. The fourth-order valence-electron chi connectivity index (χ4n) is 7.61. The van der Waals surface area contributed by atoms with Crippen LogP contribution in [0.5, 0.6) is 0 Å². The Balaban J connectivity index is 0.000000241. The second-order valence-corrected chi connectivity index (χ2v) is 16.6. The average molecular weight is 732 g/mol. The summed E-state index contributed by atoms with van der Waals surface area (Å²) in [6.45, 7) is 5.89. The normalized spacial score (nSPS) is 21.4. The number of nitrogens with one attached hydrogen (secondary N) is 2. The molecular formula is C40H61N9O2S. The molecule has 3 aromatic heterocycles. The summed E-state index contributed by atoms with van der Waals surface area (Å²) in [6.07, 6.45) is 15.7. The van der Waals surface area contributed by atoms with Crippen molar-refractivity contribution in [2.45, 2.75) is 122 Å². The molecule has 2 saturated carbocycles. The van der Waals surface area contributed by atoms with Crippen molar-refractivity contribution in [1.29, 1.82) is 0 Å². The van der Waals surface area contributed by atoms with E-state index in [1.54, 1.807) is 37.5 Å². The summed E-state index contributed by atoms with van der Waals surface area (Å²) in [7, 11) is 4.89. The molecule has 7 rings (SSSR count). The zero-order valence-corrected chi connectivity index (χ0v) is 31.5. The standard InChI is InChI=1S/C22H29N5O2S.C16H24N4.2CH4/c1-15-5-11-19(12-6-15)30(28,29)27-16(2)13-20-21(23-14-24-22(20)27)25-17-7-9-18(10-8-17)26(3)4;1-11-8-14-15(9-11)17-10-18-16(14)19-12-4-6-13(7-5-12)20(2)3;;/h5-6,11-14,17-18H,7-10H2,1-4H3,(H,23,24,25);8,10,12-13H,4-7,9H2,1-3H3,(H,17,18,19);2*1H4. The minimum atomic E-state index is -3.74. The maximum absolute atomic E-state index is 13.3. The summed E-state index contributed by atoms with van der Waals surface area (Å²) < 4.78 is 28.0. The minimum Gasteiger partial charge on any atom is -0.367 e. The van der Waals surface area contributed by atoms with E-state index in [9.17, 15) is 8.42 Å². The van der Waals surface area contributed by atoms with Crippen molar-refractivity contribution in [3.05, 3.63) is 71.1 Å². The molecule has 3 aliphatic carbocycles. The molecule has 3 heterocycles. The second kappa shape index (κ2) is 17.3. The number of rotatable bonds is 8. The van der Waals surface area contributed by atoms with E-state index >= 15 is 0 Å². The van der Waals surface area contributed by atoms with Gasteiger partial charge in [-0.05, 0) is 119 Å². The lowest BCUT2D eigenvalue weighted by molar-refractivity contribution is 0.221. The molecule has 1 aromatic carbocycles. The summed E-state index contributed by atoms with van der Waals surface area (Å²) in [5.41, 5.74) is 5.79. The third-order valence-corrected chi connectivity index (χ3v) is 12.4. The smallest absolute Gasteiger partial charge is 0.269 e. The molecule has 3 aliphatic rings. The van der Waals surface area contributed by atoms with Crippen molar-refractivity contribution in [2.75, 3.05) is 38.8 Å². The van der Waals surface area contributed by atoms with E-state index in [2.05, 4.69) is 81.6 Å². The van der Waals surface area contributed by atoms with Crippen LogP contribution < -0.4 is 10.6 Å². The zero-order chi connectivity index (χ0) is 35.6. The molecule has 0 radical (unpaired) electrons. The molecule has 12 heteroatoms. The Morgan fingerprint density at radius 1 is 0.712 bits per heavy atom. The monoisotopic (exact) mass is 731 g/mol. The average Bonchev–Trinajstić information content (AvgIpc) is 3.65. The first-order valence-corrected chi connectivity index (χ1v) is 19.4. The van der Waals surface area contributed by atoms with Gasteiger partial charge in [0, 0.05) is 41.8 Å². The molecule has 0 atom stereocenters. The van der Waals surface area contributed by atoms with E-state index < -0.39 is 10.0 Å². The molecule has 11 nitrogen and oxygen atoms in total. The molecule has 284 valence electrons. The summed E-state index contributed by atoms with van der Waals surface area (Å²) in [5.74, 6) is 1.73. The van der Waals surface area contributed by atoms with Gasteiger partial charge in [0.2, 0.25) is 0 Å². The molecule has 0 spiro atoms. The van der Waals surface area contributed by atoms with Crippen molar-refractivity contribution >= 4 is 38.8 Å². The molecule has 2 N–H and O–H groups in total. The van der Waals surface area contributed by atoms with Gasteiger partial charge in [0.15, 0.2) is 5.65 Å². The van der Waals surface area contributed by atoms with Gasteiger partial charge in [-0.25, -0.2) is 32.3 Å². The van der Waals surface area contributed by atoms with E-state index in [4.69, 9.17) is 0 Å². The Labute approximate surface area is 312 Å². The van der Waals surface area contributed by atoms with Crippen molar-refractivity contribution in [3.63, 3.8) is 0 Å². The summed E-state index contributed by atoms with van der Waals surface area (Å²) >= 11 is 0. The van der Waals surface area contributed by atoms with E-state index in [1.807, 2.05) is 13.0 Å². The van der Waals surface area contributed by atoms with Crippen molar-refractivity contribution in [3.8, 4) is 0 Å². The SMILES string of the molecule is C.C.CC1=Cc2c(ncnc2NC2CCC(N(C)C)CC2)C1.Cc1ccc(S(=O)(=O)n2c(C)cc3c(NC4CCC(N(C)C)CC4)ncnc32)cc1. The number of hydrogen-bond donors (Lipinski definition) is 2. The Bertz CT molecular complexity index is 1920. The topological polar surface area (TPSA) is 121 Å². The van der Waals surface area contributed by atoms with Crippen LogP contribution >= 0.6 is 0 Å². The predicted molar refractivity (Wildman–Crippen MR) is 216 cm³/mol. The Hall–Kier alpha value is -3.87. The van der Waals surface area contributed by atoms with Crippen LogP contribution in [0.3, 0.4) is 0 Å². The van der Waals surface area contributed by atoms with Gasteiger partial charge < -0.3 is 20.4 Å². The van der Waals surface area contributed by atoms with Gasteiger partial charge in [-0.15, -0.1) is 0 Å². The summed E-state index contributed by atoms with van der Waals surface area (Å²) in [6, 6.07) is 11.0. The lowest BCUT2D eigenvalue weighted by Crippen LogP contribution is -2.36. The molecule has 0 saturated heterocycles. The maximum Gasteiger partial charge on any atom is 0.269 e. The van der Waals surface area contributed by atoms with Crippen LogP contribution in [0.25, 0.3) is 17.1 Å². The number of aromatic nitrogens is 5. The molecule has 4 aromatic rings. The quantitative estimate of drug-likeness (QED) is 0.188. The fourth-order valence-corrected chi connectivity index (χ4v) is 9.11. The molecule has 0 bridgehead atoms. The lowest BCUT2D eigenvalue weighted by atomic mass is 9.90. The number of aryl methyl sites for hydroxylation is 2. The van der Waals surface area contributed by atoms with Gasteiger partial charge in [-0.1, -0.05) is 44.2 Å². The van der Waals surface area contributed by atoms with Crippen LogP contribution in [0.1, 0.15) is 95.7 Å². The van der Waals surface area contributed by atoms with Gasteiger partial charge in [0.25, 0.3) is 10.0 Å². The van der Waals surface area contributed by atoms with Crippen LogP contribution in [0.15, 0.2) is 53.5 Å². The third kappa shape index (κ3) is 9.01. The zero-order valence-electron chi connectivity index (χ0n) is 30.6. The predicted octanol–water partition coefficient (Wildman–Crippen LogP) is 7.56. The summed E-state index contributed by atoms with van der Waals surface area (Å²) in [5, 5.41) is 7.93. The van der Waals surface area contributed by atoms with Crippen LogP contribution in [-0.4, -0.2) is 94.5 Å². The van der Waals surface area contributed by atoms with E-state index in [1.165, 1.54) is 52.8 Å². The van der Waals surface area contributed by atoms with E-state index in [0.717, 1.165) is 54.9 Å². The second-order valence-electron chi connectivity index (χ2n) is 14.8. The molecule has 0 amide bonds. The molecule has 2 fully saturated rings. The minimum absolute atomic E-state index is 0. The van der Waals surface area contributed by atoms with Gasteiger partial charge in [-0.2, -0.15) is 0 Å². The first-order chi connectivity index (χ1) is 23.9. The highest BCUT2D eigenvalue weighted by molar-refractivity contribution is 7.90. The Kier molecular flexibility index (Phi) is 13.6. The van der Waals surface area contributed by atoms with E-state index in [0.29, 0.717) is 35.3 Å². The highest BCUT2D eigenvalue weighted by Gasteiger charge is 2.27. The number of benzene rings is 1. The van der Waals surface area contributed by atoms with Crippen LogP contribution in [0.4, 0.5) is 11.6 Å². The molecular weight excluding hydrogens is 671 g/mol. The highest BCUT2D eigenvalue weighted by Crippen LogP contribution is 2.32. The molecule has 52 heavy (non-hydrogen) atoms. The first-order valence-electron chi connectivity index (χ1n) is 17.9. The number of nitrogens with zero attached hydrogens (tertiary/aromatic N) is 7. The van der Waals surface area contributed by atoms with E-state index in [-0.39, 0.29) is 19.7 Å². The maximum atomic E-state index is 13.3.